The number of nitrogens with zero attached hydrogens (tertiary/aromatic N) is 2. The first kappa shape index (κ1) is 17.1. The van der Waals surface area contributed by atoms with Gasteiger partial charge in [0, 0.05) is 18.3 Å². The highest BCUT2D eigenvalue weighted by atomic mass is 16.5. The third-order valence-corrected chi connectivity index (χ3v) is 2.90. The van der Waals surface area contributed by atoms with Crippen molar-refractivity contribution < 1.29 is 19.2 Å². The molecule has 1 aromatic heterocycles. The van der Waals surface area contributed by atoms with Crippen molar-refractivity contribution in [3.63, 3.8) is 0 Å². The van der Waals surface area contributed by atoms with E-state index in [1.54, 1.807) is 6.92 Å². The van der Waals surface area contributed by atoms with Crippen LogP contribution in [0, 0.1) is 0 Å². The topological polar surface area (TPSA) is 105 Å². The zero-order chi connectivity index (χ0) is 16.0. The lowest BCUT2D eigenvalue weighted by molar-refractivity contribution is -0.137. The molecule has 0 aliphatic rings. The Hall–Kier alpha value is -1.92. The second-order valence-corrected chi connectivity index (χ2v) is 6.10. The Labute approximate surface area is 124 Å². The zero-order valence-corrected chi connectivity index (χ0v) is 13.0. The van der Waals surface area contributed by atoms with Crippen LogP contribution in [0.2, 0.25) is 0 Å². The molecule has 1 rings (SSSR count). The largest absolute Gasteiger partial charge is 0.481 e. The van der Waals surface area contributed by atoms with E-state index < -0.39 is 5.97 Å². The predicted octanol–water partition coefficient (Wildman–Crippen LogP) is 2.19. The van der Waals surface area contributed by atoms with Gasteiger partial charge in [0.25, 0.3) is 0 Å². The molecule has 7 nitrogen and oxygen atoms in total. The summed E-state index contributed by atoms with van der Waals surface area (Å²) in [4.78, 5) is 26.4. The summed E-state index contributed by atoms with van der Waals surface area (Å²) in [5.74, 6) is -0.0217. The minimum Gasteiger partial charge on any atom is -0.481 e. The van der Waals surface area contributed by atoms with Gasteiger partial charge >= 0.3 is 5.97 Å². The Balaban J connectivity index is 2.42. The lowest BCUT2D eigenvalue weighted by Gasteiger charge is -2.12. The van der Waals surface area contributed by atoms with Crippen LogP contribution < -0.4 is 5.32 Å². The van der Waals surface area contributed by atoms with Crippen LogP contribution in [-0.4, -0.2) is 27.1 Å². The average molecular weight is 297 g/mol. The minimum atomic E-state index is -0.843. The van der Waals surface area contributed by atoms with Gasteiger partial charge in [-0.1, -0.05) is 25.9 Å². The van der Waals surface area contributed by atoms with Crippen LogP contribution in [0.1, 0.15) is 71.1 Å². The fourth-order valence-corrected chi connectivity index (χ4v) is 1.65. The summed E-state index contributed by atoms with van der Waals surface area (Å²) in [7, 11) is 0. The number of carboxylic acids is 1. The van der Waals surface area contributed by atoms with E-state index in [1.165, 1.54) is 0 Å². The van der Waals surface area contributed by atoms with Gasteiger partial charge in [-0.15, -0.1) is 0 Å². The maximum atomic E-state index is 11.7. The van der Waals surface area contributed by atoms with Crippen molar-refractivity contribution >= 4 is 11.9 Å². The molecule has 0 bridgehead atoms. The summed E-state index contributed by atoms with van der Waals surface area (Å²) in [6.07, 6.45) is 1.41. The number of unbranched alkanes of at least 4 members (excludes halogenated alkanes) is 1. The molecule has 21 heavy (non-hydrogen) atoms. The molecule has 0 spiro atoms. The van der Waals surface area contributed by atoms with Crippen molar-refractivity contribution in [2.24, 2.45) is 0 Å². The lowest BCUT2D eigenvalue weighted by Crippen LogP contribution is -2.26. The van der Waals surface area contributed by atoms with E-state index in [0.717, 1.165) is 0 Å². The molecule has 0 saturated heterocycles. The molecule has 1 amide bonds. The third-order valence-electron chi connectivity index (χ3n) is 2.90. The Bertz CT molecular complexity index is 491. The highest BCUT2D eigenvalue weighted by Gasteiger charge is 2.23. The fourth-order valence-electron chi connectivity index (χ4n) is 1.65. The van der Waals surface area contributed by atoms with Gasteiger partial charge in [-0.25, -0.2) is 0 Å². The molecule has 1 heterocycles. The van der Waals surface area contributed by atoms with Crippen LogP contribution in [0.4, 0.5) is 0 Å². The Morgan fingerprint density at radius 1 is 1.29 bits per heavy atom. The predicted molar refractivity (Wildman–Crippen MR) is 75.7 cm³/mol. The van der Waals surface area contributed by atoms with Crippen LogP contribution in [0.5, 0.6) is 0 Å². The summed E-state index contributed by atoms with van der Waals surface area (Å²) < 4.78 is 5.16. The molecule has 118 valence electrons. The normalized spacial score (nSPS) is 13.0. The molecule has 1 aromatic rings. The summed E-state index contributed by atoms with van der Waals surface area (Å²) in [6.45, 7) is 7.71. The van der Waals surface area contributed by atoms with Gasteiger partial charge in [0.05, 0.1) is 0 Å². The van der Waals surface area contributed by atoms with E-state index in [4.69, 9.17) is 9.63 Å². The Kier molecular flexibility index (Phi) is 5.87. The van der Waals surface area contributed by atoms with E-state index in [9.17, 15) is 9.59 Å². The smallest absolute Gasteiger partial charge is 0.303 e. The number of hydrogen-bond acceptors (Lipinski definition) is 5. The molecule has 0 aromatic carbocycles. The van der Waals surface area contributed by atoms with Crippen LogP contribution >= 0.6 is 0 Å². The first-order valence-electron chi connectivity index (χ1n) is 7.05. The number of carboxylic acid groups (broad SMARTS) is 1. The number of rotatable bonds is 7. The van der Waals surface area contributed by atoms with Crippen molar-refractivity contribution in [2.45, 2.75) is 64.8 Å². The van der Waals surface area contributed by atoms with Crippen LogP contribution in [0.3, 0.4) is 0 Å². The second kappa shape index (κ2) is 7.19. The van der Waals surface area contributed by atoms with Gasteiger partial charge < -0.3 is 14.9 Å². The van der Waals surface area contributed by atoms with Gasteiger partial charge in [-0.3, -0.25) is 9.59 Å². The van der Waals surface area contributed by atoms with Crippen molar-refractivity contribution in [1.82, 2.24) is 15.5 Å². The number of carbonyl (C=O) groups is 2. The Morgan fingerprint density at radius 3 is 2.43 bits per heavy atom. The molecular weight excluding hydrogens is 274 g/mol. The number of aromatic nitrogens is 2. The summed E-state index contributed by atoms with van der Waals surface area (Å²) in [5, 5.41) is 15.2. The highest BCUT2D eigenvalue weighted by Crippen LogP contribution is 2.20. The fraction of sp³-hybridized carbons (Fsp3) is 0.714. The molecule has 1 unspecified atom stereocenters. The number of hydrogen-bond donors (Lipinski definition) is 2. The SMILES string of the molecule is CC(NC(=O)CCCCC(=O)O)c1nc(C(C)(C)C)no1. The maximum absolute atomic E-state index is 11.7. The Morgan fingerprint density at radius 2 is 1.90 bits per heavy atom. The van der Waals surface area contributed by atoms with Crippen LogP contribution in [-0.2, 0) is 15.0 Å². The van der Waals surface area contributed by atoms with Gasteiger partial charge in [-0.05, 0) is 19.8 Å². The quantitative estimate of drug-likeness (QED) is 0.747. The highest BCUT2D eigenvalue weighted by molar-refractivity contribution is 5.76. The molecule has 7 heteroatoms. The second-order valence-electron chi connectivity index (χ2n) is 6.10. The summed E-state index contributed by atoms with van der Waals surface area (Å²) >= 11 is 0. The molecule has 0 aliphatic carbocycles. The molecular formula is C14H23N3O4. The van der Waals surface area contributed by atoms with Crippen molar-refractivity contribution in [3.8, 4) is 0 Å². The maximum Gasteiger partial charge on any atom is 0.303 e. The van der Waals surface area contributed by atoms with E-state index in [-0.39, 0.29) is 30.2 Å². The van der Waals surface area contributed by atoms with Crippen molar-refractivity contribution in [3.05, 3.63) is 11.7 Å². The first-order chi connectivity index (χ1) is 9.70. The van der Waals surface area contributed by atoms with E-state index in [2.05, 4.69) is 15.5 Å². The van der Waals surface area contributed by atoms with Crippen LogP contribution in [0.25, 0.3) is 0 Å². The number of aliphatic carboxylic acids is 1. The van der Waals surface area contributed by atoms with Gasteiger partial charge in [-0.2, -0.15) is 4.98 Å². The molecule has 0 saturated carbocycles. The van der Waals surface area contributed by atoms with Gasteiger partial charge in [0.2, 0.25) is 11.8 Å². The minimum absolute atomic E-state index is 0.0848. The summed E-state index contributed by atoms with van der Waals surface area (Å²) in [5.41, 5.74) is -0.206. The number of amides is 1. The number of nitrogens with one attached hydrogen (secondary N) is 1. The average Bonchev–Trinajstić information content (AvgIpc) is 2.83. The molecule has 0 fully saturated rings. The molecule has 0 radical (unpaired) electrons. The molecule has 0 aliphatic heterocycles. The summed E-state index contributed by atoms with van der Waals surface area (Å²) in [6, 6.07) is -0.361. The van der Waals surface area contributed by atoms with E-state index in [0.29, 0.717) is 24.6 Å². The first-order valence-corrected chi connectivity index (χ1v) is 7.05. The standard InChI is InChI=1S/C14H23N3O4/c1-9(12-16-13(17-21-12)14(2,3)4)15-10(18)7-5-6-8-11(19)20/h9H,5-8H2,1-4H3,(H,15,18)(H,19,20). The van der Waals surface area contributed by atoms with Crippen molar-refractivity contribution in [1.29, 1.82) is 0 Å². The third kappa shape index (κ3) is 5.93. The lowest BCUT2D eigenvalue weighted by atomic mass is 9.96. The monoisotopic (exact) mass is 297 g/mol. The number of carbonyl (C=O) groups excluding carboxylic acids is 1. The van der Waals surface area contributed by atoms with Crippen LogP contribution in [0.15, 0.2) is 4.52 Å². The van der Waals surface area contributed by atoms with E-state index in [1.807, 2.05) is 20.8 Å². The van der Waals surface area contributed by atoms with E-state index >= 15 is 0 Å². The molecule has 2 N–H and O–H groups in total. The van der Waals surface area contributed by atoms with Gasteiger partial charge in [0.15, 0.2) is 5.82 Å². The van der Waals surface area contributed by atoms with Gasteiger partial charge in [0.1, 0.15) is 6.04 Å². The van der Waals surface area contributed by atoms with Crippen molar-refractivity contribution in [2.75, 3.05) is 0 Å². The molecule has 1 atom stereocenters. The zero-order valence-electron chi connectivity index (χ0n) is 13.0.